The first kappa shape index (κ1) is 19.8. The summed E-state index contributed by atoms with van der Waals surface area (Å²) >= 11 is 0. The Hall–Kier alpha value is -2.53. The predicted molar refractivity (Wildman–Crippen MR) is 114 cm³/mol. The zero-order valence-corrected chi connectivity index (χ0v) is 17.3. The van der Waals surface area contributed by atoms with E-state index in [0.29, 0.717) is 12.5 Å². The molecule has 1 unspecified atom stereocenters. The number of fused-ring (bicyclic) bond motifs is 3. The number of hydrogen-bond donors (Lipinski definition) is 0. The molecule has 0 saturated carbocycles. The summed E-state index contributed by atoms with van der Waals surface area (Å²) in [5.41, 5.74) is 1.89. The van der Waals surface area contributed by atoms with Crippen molar-refractivity contribution in [2.24, 2.45) is 5.92 Å². The molecule has 0 radical (unpaired) electrons. The average molecular weight is 395 g/mol. The number of carbonyl (C=O) groups excluding carboxylic acids is 1. The minimum atomic E-state index is -0.266. The molecular formula is C24H30N2O3. The van der Waals surface area contributed by atoms with Crippen molar-refractivity contribution in [2.75, 3.05) is 24.5 Å². The molecule has 3 aliphatic heterocycles. The lowest BCUT2D eigenvalue weighted by molar-refractivity contribution is -0.0311. The highest BCUT2D eigenvalue weighted by Crippen LogP contribution is 2.30. The van der Waals surface area contributed by atoms with Crippen molar-refractivity contribution in [3.05, 3.63) is 60.2 Å². The molecular weight excluding hydrogens is 364 g/mol. The molecule has 0 aliphatic carbocycles. The number of amides is 1. The van der Waals surface area contributed by atoms with Gasteiger partial charge in [0, 0.05) is 12.2 Å². The monoisotopic (exact) mass is 394 g/mol. The maximum atomic E-state index is 13.2. The highest BCUT2D eigenvalue weighted by Gasteiger charge is 2.37. The van der Waals surface area contributed by atoms with Gasteiger partial charge in [0.05, 0.1) is 12.6 Å². The van der Waals surface area contributed by atoms with Gasteiger partial charge in [0.1, 0.15) is 11.9 Å². The van der Waals surface area contributed by atoms with Crippen molar-refractivity contribution in [3.8, 4) is 5.75 Å². The van der Waals surface area contributed by atoms with Crippen molar-refractivity contribution in [1.29, 1.82) is 0 Å². The average Bonchev–Trinajstić information content (AvgIpc) is 2.74. The summed E-state index contributed by atoms with van der Waals surface area (Å²) in [5, 5.41) is 0. The van der Waals surface area contributed by atoms with Gasteiger partial charge in [-0.05, 0) is 75.5 Å². The van der Waals surface area contributed by atoms with Crippen LogP contribution in [-0.4, -0.2) is 42.8 Å². The number of carbonyl (C=O) groups is 1. The second kappa shape index (κ2) is 8.87. The van der Waals surface area contributed by atoms with E-state index in [-0.39, 0.29) is 18.3 Å². The number of rotatable bonds is 6. The standard InChI is InChI=1S/C24H30N2O3/c1-18(2)28-22-10-8-19(9-11-22)16-26(21-6-4-3-5-7-21)24(27)29-23-17-25-14-12-20(23)13-15-25/h3-11,18,20,23H,12-17H2,1-2H3. The SMILES string of the molecule is CC(C)Oc1ccc(CN(C(=O)OC2CN3CCC2CC3)c2ccccc2)cc1. The topological polar surface area (TPSA) is 42.0 Å². The Morgan fingerprint density at radius 1 is 1.07 bits per heavy atom. The summed E-state index contributed by atoms with van der Waals surface area (Å²) in [4.78, 5) is 17.3. The van der Waals surface area contributed by atoms with Crippen molar-refractivity contribution in [3.63, 3.8) is 0 Å². The largest absolute Gasteiger partial charge is 0.491 e. The van der Waals surface area contributed by atoms with E-state index in [1.165, 1.54) is 0 Å². The number of anilines is 1. The van der Waals surface area contributed by atoms with Crippen LogP contribution in [0.15, 0.2) is 54.6 Å². The fraction of sp³-hybridized carbons (Fsp3) is 0.458. The van der Waals surface area contributed by atoms with Crippen LogP contribution in [0.5, 0.6) is 5.75 Å². The van der Waals surface area contributed by atoms with Gasteiger partial charge < -0.3 is 9.47 Å². The van der Waals surface area contributed by atoms with Gasteiger partial charge in [-0.3, -0.25) is 9.80 Å². The quantitative estimate of drug-likeness (QED) is 0.711. The van der Waals surface area contributed by atoms with Crippen LogP contribution >= 0.6 is 0 Å². The van der Waals surface area contributed by atoms with Crippen LogP contribution in [0.4, 0.5) is 10.5 Å². The van der Waals surface area contributed by atoms with Crippen LogP contribution in [-0.2, 0) is 11.3 Å². The number of piperidine rings is 3. The second-order valence-electron chi connectivity index (χ2n) is 8.29. The molecule has 29 heavy (non-hydrogen) atoms. The fourth-order valence-corrected chi connectivity index (χ4v) is 4.23. The van der Waals surface area contributed by atoms with Crippen LogP contribution in [0.2, 0.25) is 0 Å². The van der Waals surface area contributed by atoms with E-state index < -0.39 is 0 Å². The van der Waals surface area contributed by atoms with E-state index in [0.717, 1.165) is 49.5 Å². The zero-order chi connectivity index (χ0) is 20.2. The molecule has 1 amide bonds. The first-order valence-corrected chi connectivity index (χ1v) is 10.6. The van der Waals surface area contributed by atoms with Crippen LogP contribution in [0.1, 0.15) is 32.3 Å². The second-order valence-corrected chi connectivity index (χ2v) is 8.29. The maximum Gasteiger partial charge on any atom is 0.414 e. The summed E-state index contributed by atoms with van der Waals surface area (Å²) in [6.07, 6.45) is 2.12. The number of hydrogen-bond acceptors (Lipinski definition) is 4. The third-order valence-corrected chi connectivity index (χ3v) is 5.77. The Labute approximate surface area is 173 Å². The molecule has 154 valence electrons. The Morgan fingerprint density at radius 3 is 2.34 bits per heavy atom. The number of benzene rings is 2. The molecule has 3 heterocycles. The maximum absolute atomic E-state index is 13.2. The van der Waals surface area contributed by atoms with Gasteiger partial charge in [0.15, 0.2) is 0 Å². The lowest BCUT2D eigenvalue weighted by Gasteiger charge is -2.44. The summed E-state index contributed by atoms with van der Waals surface area (Å²) in [7, 11) is 0. The number of ether oxygens (including phenoxy) is 2. The van der Waals surface area contributed by atoms with Gasteiger partial charge in [-0.25, -0.2) is 4.79 Å². The Balaban J connectivity index is 1.48. The lowest BCUT2D eigenvalue weighted by Crippen LogP contribution is -2.53. The van der Waals surface area contributed by atoms with Crippen LogP contribution in [0, 0.1) is 5.92 Å². The van der Waals surface area contributed by atoms with E-state index >= 15 is 0 Å². The lowest BCUT2D eigenvalue weighted by atomic mass is 9.86. The molecule has 5 heteroatoms. The molecule has 5 nitrogen and oxygen atoms in total. The highest BCUT2D eigenvalue weighted by molar-refractivity contribution is 5.87. The van der Waals surface area contributed by atoms with Gasteiger partial charge in [0.2, 0.25) is 0 Å². The smallest absolute Gasteiger partial charge is 0.414 e. The highest BCUT2D eigenvalue weighted by atomic mass is 16.6. The van der Waals surface area contributed by atoms with Crippen LogP contribution in [0.3, 0.4) is 0 Å². The Kier molecular flexibility index (Phi) is 6.05. The first-order valence-electron chi connectivity index (χ1n) is 10.6. The van der Waals surface area contributed by atoms with Gasteiger partial charge in [-0.15, -0.1) is 0 Å². The third kappa shape index (κ3) is 4.91. The van der Waals surface area contributed by atoms with Gasteiger partial charge in [-0.2, -0.15) is 0 Å². The van der Waals surface area contributed by atoms with Crippen LogP contribution < -0.4 is 9.64 Å². The summed E-state index contributed by atoms with van der Waals surface area (Å²) in [6, 6.07) is 17.7. The van der Waals surface area contributed by atoms with E-state index in [9.17, 15) is 4.79 Å². The van der Waals surface area contributed by atoms with E-state index in [1.807, 2.05) is 68.4 Å². The van der Waals surface area contributed by atoms with Crippen molar-refractivity contribution in [2.45, 2.75) is 45.4 Å². The minimum Gasteiger partial charge on any atom is -0.491 e. The molecule has 0 N–H and O–H groups in total. The molecule has 5 rings (SSSR count). The summed E-state index contributed by atoms with van der Waals surface area (Å²) < 4.78 is 11.7. The van der Waals surface area contributed by atoms with Gasteiger partial charge in [-0.1, -0.05) is 30.3 Å². The predicted octanol–water partition coefficient (Wildman–Crippen LogP) is 4.71. The molecule has 3 saturated heterocycles. The van der Waals surface area contributed by atoms with E-state index in [1.54, 1.807) is 4.90 Å². The Morgan fingerprint density at radius 2 is 1.76 bits per heavy atom. The van der Waals surface area contributed by atoms with Crippen LogP contribution in [0.25, 0.3) is 0 Å². The minimum absolute atomic E-state index is 0.00182. The number of nitrogens with zero attached hydrogens (tertiary/aromatic N) is 2. The Bertz CT molecular complexity index is 799. The van der Waals surface area contributed by atoms with Gasteiger partial charge in [0.25, 0.3) is 0 Å². The fourth-order valence-electron chi connectivity index (χ4n) is 4.23. The molecule has 1 atom stereocenters. The molecule has 0 aromatic heterocycles. The first-order chi connectivity index (χ1) is 14.1. The molecule has 0 spiro atoms. The van der Waals surface area contributed by atoms with Gasteiger partial charge >= 0.3 is 6.09 Å². The molecule has 2 aromatic rings. The molecule has 3 aliphatic rings. The van der Waals surface area contributed by atoms with Crippen molar-refractivity contribution >= 4 is 11.8 Å². The molecule has 3 fully saturated rings. The van der Waals surface area contributed by atoms with Crippen molar-refractivity contribution in [1.82, 2.24) is 4.90 Å². The summed E-state index contributed by atoms with van der Waals surface area (Å²) in [6.45, 7) is 7.61. The zero-order valence-electron chi connectivity index (χ0n) is 17.3. The molecule has 2 bridgehead atoms. The third-order valence-electron chi connectivity index (χ3n) is 5.77. The number of para-hydroxylation sites is 1. The van der Waals surface area contributed by atoms with E-state index in [4.69, 9.17) is 9.47 Å². The normalized spacial score (nSPS) is 23.1. The van der Waals surface area contributed by atoms with Crippen molar-refractivity contribution < 1.29 is 14.3 Å². The summed E-state index contributed by atoms with van der Waals surface area (Å²) in [5.74, 6) is 1.33. The molecule has 2 aromatic carbocycles. The van der Waals surface area contributed by atoms with E-state index in [2.05, 4.69) is 4.90 Å².